The van der Waals surface area contributed by atoms with E-state index in [2.05, 4.69) is 30.6 Å². The van der Waals surface area contributed by atoms with E-state index in [1.165, 1.54) is 31.2 Å². The highest BCUT2D eigenvalue weighted by Crippen LogP contribution is 2.08. The van der Waals surface area contributed by atoms with Crippen molar-refractivity contribution in [1.82, 2.24) is 4.98 Å². The van der Waals surface area contributed by atoms with Crippen LogP contribution in [0.4, 0.5) is 0 Å². The summed E-state index contributed by atoms with van der Waals surface area (Å²) >= 11 is 0. The molecule has 1 rings (SSSR count). The van der Waals surface area contributed by atoms with Gasteiger partial charge in [-0.15, -0.1) is 6.58 Å². The summed E-state index contributed by atoms with van der Waals surface area (Å²) in [7, 11) is 0. The molecular formula is C13H19N. The highest BCUT2D eigenvalue weighted by Gasteiger charge is 1.95. The Morgan fingerprint density at radius 3 is 3.00 bits per heavy atom. The first kappa shape index (κ1) is 11.0. The van der Waals surface area contributed by atoms with Gasteiger partial charge in [0.05, 0.1) is 0 Å². The van der Waals surface area contributed by atoms with Crippen molar-refractivity contribution >= 4 is 0 Å². The van der Waals surface area contributed by atoms with Crippen molar-refractivity contribution < 1.29 is 0 Å². The van der Waals surface area contributed by atoms with Crippen LogP contribution in [0, 0.1) is 0 Å². The average molecular weight is 189 g/mol. The minimum Gasteiger partial charge on any atom is -0.261 e. The molecule has 1 aromatic rings. The summed E-state index contributed by atoms with van der Waals surface area (Å²) in [5, 5.41) is 0. The molecule has 1 heteroatoms. The Kier molecular flexibility index (Phi) is 4.98. The standard InChI is InChI=1S/C13H19N/c1-3-5-6-8-12-9-10-14-13(11-12)7-4-2/h4,9-11H,2-3,5-8H2,1H3. The van der Waals surface area contributed by atoms with Crippen LogP contribution < -0.4 is 0 Å². The van der Waals surface area contributed by atoms with Gasteiger partial charge in [0, 0.05) is 18.3 Å². The number of hydrogen-bond acceptors (Lipinski definition) is 1. The van der Waals surface area contributed by atoms with Gasteiger partial charge in [0.15, 0.2) is 0 Å². The second-order valence-corrected chi connectivity index (χ2v) is 3.61. The number of rotatable bonds is 6. The second-order valence-electron chi connectivity index (χ2n) is 3.61. The lowest BCUT2D eigenvalue weighted by Crippen LogP contribution is -1.91. The Morgan fingerprint density at radius 1 is 1.43 bits per heavy atom. The average Bonchev–Trinajstić information content (AvgIpc) is 2.19. The lowest BCUT2D eigenvalue weighted by Gasteiger charge is -2.02. The van der Waals surface area contributed by atoms with Gasteiger partial charge in [0.25, 0.3) is 0 Å². The predicted molar refractivity (Wildman–Crippen MR) is 61.4 cm³/mol. The Labute approximate surface area is 86.9 Å². The van der Waals surface area contributed by atoms with Gasteiger partial charge in [-0.1, -0.05) is 25.8 Å². The molecule has 0 radical (unpaired) electrons. The summed E-state index contributed by atoms with van der Waals surface area (Å²) in [6, 6.07) is 4.31. The van der Waals surface area contributed by atoms with Gasteiger partial charge in [-0.2, -0.15) is 0 Å². The Hall–Kier alpha value is -1.11. The molecule has 14 heavy (non-hydrogen) atoms. The van der Waals surface area contributed by atoms with Crippen LogP contribution in [0.3, 0.4) is 0 Å². The van der Waals surface area contributed by atoms with E-state index in [-0.39, 0.29) is 0 Å². The molecule has 0 unspecified atom stereocenters. The topological polar surface area (TPSA) is 12.9 Å². The first-order valence-corrected chi connectivity index (χ1v) is 5.41. The van der Waals surface area contributed by atoms with Crippen molar-refractivity contribution in [2.75, 3.05) is 0 Å². The summed E-state index contributed by atoms with van der Waals surface area (Å²) in [6.45, 7) is 5.95. The Bertz CT molecular complexity index is 278. The maximum Gasteiger partial charge on any atom is 0.0443 e. The summed E-state index contributed by atoms with van der Waals surface area (Å²) in [5.74, 6) is 0. The molecule has 0 aliphatic rings. The number of aromatic nitrogens is 1. The smallest absolute Gasteiger partial charge is 0.0443 e. The number of aryl methyl sites for hydroxylation is 1. The Balaban J connectivity index is 2.50. The number of hydrogen-bond donors (Lipinski definition) is 0. The van der Waals surface area contributed by atoms with Gasteiger partial charge >= 0.3 is 0 Å². The normalized spacial score (nSPS) is 10.1. The van der Waals surface area contributed by atoms with Crippen LogP contribution in [-0.2, 0) is 12.8 Å². The third-order valence-electron chi connectivity index (χ3n) is 2.30. The molecule has 1 aromatic heterocycles. The zero-order valence-corrected chi connectivity index (χ0v) is 9.00. The van der Waals surface area contributed by atoms with Crippen LogP contribution in [0.1, 0.15) is 37.4 Å². The van der Waals surface area contributed by atoms with Gasteiger partial charge in [-0.25, -0.2) is 0 Å². The third-order valence-corrected chi connectivity index (χ3v) is 2.30. The van der Waals surface area contributed by atoms with Crippen LogP contribution in [0.25, 0.3) is 0 Å². The van der Waals surface area contributed by atoms with Gasteiger partial charge in [0.2, 0.25) is 0 Å². The molecule has 0 spiro atoms. The molecule has 76 valence electrons. The van der Waals surface area contributed by atoms with Gasteiger partial charge in [-0.05, 0) is 30.5 Å². The lowest BCUT2D eigenvalue weighted by molar-refractivity contribution is 0.716. The van der Waals surface area contributed by atoms with Gasteiger partial charge in [0.1, 0.15) is 0 Å². The first-order chi connectivity index (χ1) is 6.86. The van der Waals surface area contributed by atoms with Crippen LogP contribution in [0.15, 0.2) is 31.0 Å². The molecule has 0 aliphatic carbocycles. The molecule has 0 aliphatic heterocycles. The number of unbranched alkanes of at least 4 members (excludes halogenated alkanes) is 2. The summed E-state index contributed by atoms with van der Waals surface area (Å²) in [5.41, 5.74) is 2.54. The van der Waals surface area contributed by atoms with Crippen molar-refractivity contribution in [3.63, 3.8) is 0 Å². The maximum absolute atomic E-state index is 4.29. The van der Waals surface area contributed by atoms with Crippen molar-refractivity contribution in [3.8, 4) is 0 Å². The van der Waals surface area contributed by atoms with Gasteiger partial charge < -0.3 is 0 Å². The van der Waals surface area contributed by atoms with Crippen molar-refractivity contribution in [2.24, 2.45) is 0 Å². The molecular weight excluding hydrogens is 170 g/mol. The van der Waals surface area contributed by atoms with Crippen molar-refractivity contribution in [3.05, 3.63) is 42.2 Å². The van der Waals surface area contributed by atoms with E-state index in [9.17, 15) is 0 Å². The minimum absolute atomic E-state index is 0.877. The summed E-state index contributed by atoms with van der Waals surface area (Å²) in [4.78, 5) is 4.29. The fourth-order valence-electron chi connectivity index (χ4n) is 1.52. The predicted octanol–water partition coefficient (Wildman–Crippen LogP) is 3.54. The fourth-order valence-corrected chi connectivity index (χ4v) is 1.52. The van der Waals surface area contributed by atoms with Crippen LogP contribution in [-0.4, -0.2) is 4.98 Å². The van der Waals surface area contributed by atoms with E-state index in [1.807, 2.05) is 12.3 Å². The monoisotopic (exact) mass is 189 g/mol. The zero-order valence-electron chi connectivity index (χ0n) is 9.00. The summed E-state index contributed by atoms with van der Waals surface area (Å²) < 4.78 is 0. The summed E-state index contributed by atoms with van der Waals surface area (Å²) in [6.07, 6.45) is 9.75. The molecule has 0 aromatic carbocycles. The molecule has 1 heterocycles. The van der Waals surface area contributed by atoms with Crippen LogP contribution in [0.2, 0.25) is 0 Å². The minimum atomic E-state index is 0.877. The molecule has 0 saturated carbocycles. The molecule has 0 amide bonds. The Morgan fingerprint density at radius 2 is 2.29 bits per heavy atom. The highest BCUT2D eigenvalue weighted by atomic mass is 14.7. The van der Waals surface area contributed by atoms with Crippen molar-refractivity contribution in [2.45, 2.75) is 39.0 Å². The van der Waals surface area contributed by atoms with Crippen LogP contribution in [0.5, 0.6) is 0 Å². The van der Waals surface area contributed by atoms with E-state index in [0.717, 1.165) is 12.1 Å². The molecule has 1 nitrogen and oxygen atoms in total. The molecule has 0 fully saturated rings. The lowest BCUT2D eigenvalue weighted by atomic mass is 10.1. The van der Waals surface area contributed by atoms with E-state index >= 15 is 0 Å². The third kappa shape index (κ3) is 3.73. The SMILES string of the molecule is C=CCc1cc(CCCCC)ccn1. The van der Waals surface area contributed by atoms with E-state index < -0.39 is 0 Å². The molecule has 0 bridgehead atoms. The molecule has 0 saturated heterocycles. The molecule has 0 atom stereocenters. The first-order valence-electron chi connectivity index (χ1n) is 5.41. The fraction of sp³-hybridized carbons (Fsp3) is 0.462. The maximum atomic E-state index is 4.29. The van der Waals surface area contributed by atoms with E-state index in [4.69, 9.17) is 0 Å². The van der Waals surface area contributed by atoms with Crippen LogP contribution >= 0.6 is 0 Å². The number of pyridine rings is 1. The van der Waals surface area contributed by atoms with Gasteiger partial charge in [-0.3, -0.25) is 4.98 Å². The number of nitrogens with zero attached hydrogens (tertiary/aromatic N) is 1. The van der Waals surface area contributed by atoms with E-state index in [1.54, 1.807) is 0 Å². The largest absolute Gasteiger partial charge is 0.261 e. The highest BCUT2D eigenvalue weighted by molar-refractivity contribution is 5.17. The van der Waals surface area contributed by atoms with Crippen molar-refractivity contribution in [1.29, 1.82) is 0 Å². The quantitative estimate of drug-likeness (QED) is 0.492. The van der Waals surface area contributed by atoms with E-state index in [0.29, 0.717) is 0 Å². The zero-order chi connectivity index (χ0) is 10.2. The second kappa shape index (κ2) is 6.36. The number of allylic oxidation sites excluding steroid dienone is 1. The molecule has 0 N–H and O–H groups in total.